The maximum atomic E-state index is 13.1. The largest absolute Gasteiger partial charge is 0.459 e. The minimum absolute atomic E-state index is 0.0539. The Morgan fingerprint density at radius 2 is 2.10 bits per heavy atom. The summed E-state index contributed by atoms with van der Waals surface area (Å²) in [5.74, 6) is 0.347. The smallest absolute Gasteiger partial charge is 0.298 e. The second-order valence-electron chi connectivity index (χ2n) is 7.72. The Morgan fingerprint density at radius 1 is 1.24 bits per heavy atom. The zero-order chi connectivity index (χ0) is 20.0. The van der Waals surface area contributed by atoms with Gasteiger partial charge in [-0.3, -0.25) is 4.79 Å². The normalized spacial score (nSPS) is 16.3. The van der Waals surface area contributed by atoms with Crippen molar-refractivity contribution in [3.63, 3.8) is 0 Å². The fourth-order valence-corrected chi connectivity index (χ4v) is 5.37. The molecule has 1 aromatic carbocycles. The molecule has 1 aliphatic rings. The molecule has 148 valence electrons. The number of aryl methyl sites for hydroxylation is 1. The number of H-pyrrole nitrogens is 1. The number of hydrogen-bond donors (Lipinski definition) is 2. The Morgan fingerprint density at radius 3 is 2.93 bits per heavy atom. The average Bonchev–Trinajstić information content (AvgIpc) is 3.47. The van der Waals surface area contributed by atoms with Crippen molar-refractivity contribution in [1.29, 1.82) is 0 Å². The van der Waals surface area contributed by atoms with Crippen LogP contribution in [0.3, 0.4) is 0 Å². The van der Waals surface area contributed by atoms with Crippen LogP contribution in [-0.2, 0) is 13.0 Å². The highest BCUT2D eigenvalue weighted by atomic mass is 32.1. The van der Waals surface area contributed by atoms with Crippen LogP contribution >= 0.6 is 11.3 Å². The SMILES string of the molecule is Cc1sc2c(c1C)C[NH+](CCc1c[nH]c3ccccc13)CN2C(=O)c1ccco1. The number of hydrogen-bond acceptors (Lipinski definition) is 3. The Hall–Kier alpha value is -2.83. The summed E-state index contributed by atoms with van der Waals surface area (Å²) in [5, 5.41) is 2.37. The van der Waals surface area contributed by atoms with Crippen molar-refractivity contribution >= 4 is 33.1 Å². The molecule has 1 unspecified atom stereocenters. The Kier molecular flexibility index (Phi) is 4.53. The van der Waals surface area contributed by atoms with Crippen LogP contribution in [0.4, 0.5) is 5.00 Å². The summed E-state index contributed by atoms with van der Waals surface area (Å²) in [6.45, 7) is 6.89. The molecule has 0 aliphatic carbocycles. The number of fused-ring (bicyclic) bond motifs is 2. The standard InChI is InChI=1S/C23H23N3O2S/c1-15-16(2)29-23-19(15)13-25(14-26(23)22(27)21-8-5-11-28-21)10-9-17-12-24-20-7-4-3-6-18(17)20/h3-8,11-12,24H,9-10,13-14H2,1-2H3/p+1. The number of carbonyl (C=O) groups is 1. The second kappa shape index (κ2) is 7.21. The molecule has 0 saturated carbocycles. The van der Waals surface area contributed by atoms with E-state index in [1.807, 2.05) is 4.90 Å². The molecule has 2 N–H and O–H groups in total. The Bertz CT molecular complexity index is 1170. The molecule has 0 bridgehead atoms. The third-order valence-electron chi connectivity index (χ3n) is 5.94. The molecule has 4 heterocycles. The maximum absolute atomic E-state index is 13.1. The van der Waals surface area contributed by atoms with Crippen molar-refractivity contribution < 1.29 is 14.1 Å². The number of thiophene rings is 1. The van der Waals surface area contributed by atoms with Crippen molar-refractivity contribution in [2.24, 2.45) is 0 Å². The summed E-state index contributed by atoms with van der Waals surface area (Å²) in [6.07, 6.45) is 4.65. The lowest BCUT2D eigenvalue weighted by molar-refractivity contribution is -0.914. The van der Waals surface area contributed by atoms with Crippen molar-refractivity contribution in [1.82, 2.24) is 4.98 Å². The predicted molar refractivity (Wildman–Crippen MR) is 116 cm³/mol. The molecule has 4 aromatic rings. The number of rotatable bonds is 4. The zero-order valence-electron chi connectivity index (χ0n) is 16.6. The highest BCUT2D eigenvalue weighted by Gasteiger charge is 2.34. The molecular weight excluding hydrogens is 382 g/mol. The van der Waals surface area contributed by atoms with E-state index in [0.717, 1.165) is 24.5 Å². The number of aromatic nitrogens is 1. The van der Waals surface area contributed by atoms with Gasteiger partial charge >= 0.3 is 0 Å². The molecule has 0 radical (unpaired) electrons. The van der Waals surface area contributed by atoms with E-state index >= 15 is 0 Å². The van der Waals surface area contributed by atoms with E-state index in [-0.39, 0.29) is 5.91 Å². The van der Waals surface area contributed by atoms with E-state index < -0.39 is 0 Å². The van der Waals surface area contributed by atoms with Gasteiger partial charge < -0.3 is 14.3 Å². The fraction of sp³-hybridized carbons (Fsp3) is 0.261. The van der Waals surface area contributed by atoms with Gasteiger partial charge in [-0.1, -0.05) is 18.2 Å². The quantitative estimate of drug-likeness (QED) is 0.543. The number of anilines is 1. The molecule has 0 saturated heterocycles. The average molecular weight is 407 g/mol. The molecule has 1 atom stereocenters. The van der Waals surface area contributed by atoms with Gasteiger partial charge in [0.25, 0.3) is 5.91 Å². The minimum atomic E-state index is -0.0539. The van der Waals surface area contributed by atoms with Crippen LogP contribution in [-0.4, -0.2) is 24.1 Å². The molecule has 3 aromatic heterocycles. The second-order valence-corrected chi connectivity index (χ2v) is 8.93. The van der Waals surface area contributed by atoms with Crippen LogP contribution < -0.4 is 9.80 Å². The minimum Gasteiger partial charge on any atom is -0.459 e. The van der Waals surface area contributed by atoms with Crippen LogP contribution in [0, 0.1) is 13.8 Å². The van der Waals surface area contributed by atoms with E-state index in [1.165, 1.54) is 37.4 Å². The number of aromatic amines is 1. The predicted octanol–water partition coefficient (Wildman–Crippen LogP) is 3.68. The lowest BCUT2D eigenvalue weighted by Gasteiger charge is -2.32. The van der Waals surface area contributed by atoms with Crippen molar-refractivity contribution in [2.75, 3.05) is 18.1 Å². The lowest BCUT2D eigenvalue weighted by atomic mass is 10.1. The molecule has 1 amide bonds. The Balaban J connectivity index is 1.41. The van der Waals surface area contributed by atoms with Crippen molar-refractivity contribution in [3.8, 4) is 0 Å². The number of amides is 1. The van der Waals surface area contributed by atoms with E-state index in [9.17, 15) is 4.79 Å². The number of para-hydroxylation sites is 1. The number of nitrogens with one attached hydrogen (secondary N) is 2. The van der Waals surface area contributed by atoms with E-state index in [0.29, 0.717) is 12.4 Å². The lowest BCUT2D eigenvalue weighted by Crippen LogP contribution is -3.13. The number of quaternary nitrogens is 1. The highest BCUT2D eigenvalue weighted by Crippen LogP contribution is 2.36. The molecule has 5 nitrogen and oxygen atoms in total. The summed E-state index contributed by atoms with van der Waals surface area (Å²) < 4.78 is 5.40. The van der Waals surface area contributed by atoms with Gasteiger partial charge in [-0.15, -0.1) is 11.3 Å². The molecule has 1 aliphatic heterocycles. The van der Waals surface area contributed by atoms with E-state index in [4.69, 9.17) is 4.42 Å². The van der Waals surface area contributed by atoms with Gasteiger partial charge in [-0.25, -0.2) is 4.90 Å². The van der Waals surface area contributed by atoms with Gasteiger partial charge in [0.2, 0.25) is 0 Å². The fourth-order valence-electron chi connectivity index (χ4n) is 4.20. The Labute approximate surface area is 173 Å². The molecule has 6 heteroatoms. The monoisotopic (exact) mass is 406 g/mol. The van der Waals surface area contributed by atoms with Gasteiger partial charge in [-0.2, -0.15) is 0 Å². The van der Waals surface area contributed by atoms with Gasteiger partial charge in [-0.05, 0) is 43.2 Å². The van der Waals surface area contributed by atoms with E-state index in [2.05, 4.69) is 49.3 Å². The number of carbonyl (C=O) groups excluding carboxylic acids is 1. The summed E-state index contributed by atoms with van der Waals surface area (Å²) in [4.78, 5) is 21.1. The summed E-state index contributed by atoms with van der Waals surface area (Å²) in [7, 11) is 0. The van der Waals surface area contributed by atoms with Crippen molar-refractivity contribution in [2.45, 2.75) is 26.8 Å². The molecular formula is C23H24N3O2S+. The third-order valence-corrected chi connectivity index (χ3v) is 7.21. The van der Waals surface area contributed by atoms with Crippen LogP contribution in [0.15, 0.2) is 53.3 Å². The summed E-state index contributed by atoms with van der Waals surface area (Å²) in [6, 6.07) is 11.9. The van der Waals surface area contributed by atoms with Gasteiger partial charge in [0.05, 0.1) is 12.8 Å². The highest BCUT2D eigenvalue weighted by molar-refractivity contribution is 7.16. The first-order valence-electron chi connectivity index (χ1n) is 9.94. The van der Waals surface area contributed by atoms with Crippen LogP contribution in [0.5, 0.6) is 0 Å². The number of furan rings is 1. The molecule has 29 heavy (non-hydrogen) atoms. The first-order valence-corrected chi connectivity index (χ1v) is 10.8. The maximum Gasteiger partial charge on any atom is 0.298 e. The number of nitrogens with zero attached hydrogens (tertiary/aromatic N) is 1. The topological polar surface area (TPSA) is 53.7 Å². The zero-order valence-corrected chi connectivity index (χ0v) is 17.4. The van der Waals surface area contributed by atoms with Gasteiger partial charge in [0.1, 0.15) is 11.5 Å². The van der Waals surface area contributed by atoms with Gasteiger partial charge in [0, 0.05) is 34.0 Å². The third kappa shape index (κ3) is 3.18. The number of benzene rings is 1. The first-order chi connectivity index (χ1) is 14.1. The van der Waals surface area contributed by atoms with Crippen molar-refractivity contribution in [3.05, 3.63) is 76.2 Å². The van der Waals surface area contributed by atoms with Gasteiger partial charge in [0.15, 0.2) is 12.4 Å². The molecule has 0 fully saturated rings. The molecule has 0 spiro atoms. The van der Waals surface area contributed by atoms with Crippen LogP contribution in [0.2, 0.25) is 0 Å². The molecule has 5 rings (SSSR count). The summed E-state index contributed by atoms with van der Waals surface area (Å²) >= 11 is 1.72. The van der Waals surface area contributed by atoms with E-state index in [1.54, 1.807) is 29.7 Å². The van der Waals surface area contributed by atoms with Crippen LogP contribution in [0.25, 0.3) is 10.9 Å². The van der Waals surface area contributed by atoms with Crippen LogP contribution in [0.1, 0.15) is 32.1 Å². The first kappa shape index (κ1) is 18.2. The summed E-state index contributed by atoms with van der Waals surface area (Å²) in [5.41, 5.74) is 5.12.